The molecule has 10 heteroatoms. The van der Waals surface area contributed by atoms with Crippen molar-refractivity contribution in [2.75, 3.05) is 17.4 Å². The molecule has 4 aromatic rings. The van der Waals surface area contributed by atoms with Crippen LogP contribution in [-0.4, -0.2) is 44.3 Å². The molecular weight excluding hydrogens is 629 g/mol. The van der Waals surface area contributed by atoms with E-state index < -0.39 is 28.5 Å². The molecule has 0 radical (unpaired) electrons. The number of aryl methyl sites for hydroxylation is 1. The highest BCUT2D eigenvalue weighted by molar-refractivity contribution is 7.92. The van der Waals surface area contributed by atoms with E-state index in [-0.39, 0.29) is 39.5 Å². The van der Waals surface area contributed by atoms with E-state index in [0.29, 0.717) is 6.54 Å². The highest BCUT2D eigenvalue weighted by Crippen LogP contribution is 2.35. The van der Waals surface area contributed by atoms with Crippen LogP contribution in [0.5, 0.6) is 0 Å². The SMILES string of the molecule is CCCCNC(=O)[C@@H](Cc1ccccc1)N(Cc1ccccc1)C(=O)CN(c1cccc(Cl)c1Cl)S(=O)(=O)c1ccc(C)cc1. The van der Waals surface area contributed by atoms with Gasteiger partial charge >= 0.3 is 0 Å². The predicted octanol–water partition coefficient (Wildman–Crippen LogP) is 7.05. The van der Waals surface area contributed by atoms with Gasteiger partial charge in [-0.3, -0.25) is 13.9 Å². The zero-order chi connectivity index (χ0) is 32.4. The van der Waals surface area contributed by atoms with E-state index in [4.69, 9.17) is 23.2 Å². The molecular formula is C35H37Cl2N3O4S. The summed E-state index contributed by atoms with van der Waals surface area (Å²) < 4.78 is 29.3. The molecule has 0 saturated heterocycles. The van der Waals surface area contributed by atoms with Crippen LogP contribution in [0.25, 0.3) is 0 Å². The Hall–Kier alpha value is -3.85. The Morgan fingerprint density at radius 3 is 2.07 bits per heavy atom. The van der Waals surface area contributed by atoms with Crippen LogP contribution in [0.1, 0.15) is 36.5 Å². The van der Waals surface area contributed by atoms with Gasteiger partial charge in [0.15, 0.2) is 0 Å². The fraction of sp³-hybridized carbons (Fsp3) is 0.257. The Morgan fingerprint density at radius 1 is 0.822 bits per heavy atom. The number of rotatable bonds is 14. The molecule has 0 aliphatic carbocycles. The van der Waals surface area contributed by atoms with Crippen LogP contribution in [0, 0.1) is 6.92 Å². The van der Waals surface area contributed by atoms with Crippen molar-refractivity contribution in [3.05, 3.63) is 130 Å². The number of nitrogens with zero attached hydrogens (tertiary/aromatic N) is 2. The first-order valence-electron chi connectivity index (χ1n) is 14.8. The molecule has 0 heterocycles. The molecule has 0 aliphatic rings. The molecule has 0 saturated carbocycles. The number of carbonyl (C=O) groups excluding carboxylic acids is 2. The standard InChI is InChI=1S/C35H37Cl2N3O4S/c1-3-4-22-38-35(42)32(23-27-12-7-5-8-13-27)39(24-28-14-9-6-10-15-28)33(41)25-40(31-17-11-16-30(36)34(31)37)45(43,44)29-20-18-26(2)19-21-29/h5-21,32H,3-4,22-25H2,1-2H3,(H,38,42)/t32-/m1/s1. The van der Waals surface area contributed by atoms with Gasteiger partial charge in [0.05, 0.1) is 20.6 Å². The van der Waals surface area contributed by atoms with Gasteiger partial charge < -0.3 is 10.2 Å². The van der Waals surface area contributed by atoms with Crippen LogP contribution in [0.3, 0.4) is 0 Å². The second-order valence-corrected chi connectivity index (χ2v) is 13.4. The number of sulfonamides is 1. The topological polar surface area (TPSA) is 86.8 Å². The van der Waals surface area contributed by atoms with Gasteiger partial charge in [-0.25, -0.2) is 8.42 Å². The highest BCUT2D eigenvalue weighted by Gasteiger charge is 2.35. The van der Waals surface area contributed by atoms with Crippen LogP contribution in [0.15, 0.2) is 108 Å². The molecule has 7 nitrogen and oxygen atoms in total. The quantitative estimate of drug-likeness (QED) is 0.146. The molecule has 45 heavy (non-hydrogen) atoms. The highest BCUT2D eigenvalue weighted by atomic mass is 35.5. The summed E-state index contributed by atoms with van der Waals surface area (Å²) in [5.41, 5.74) is 2.59. The van der Waals surface area contributed by atoms with E-state index in [1.807, 2.05) is 74.5 Å². The van der Waals surface area contributed by atoms with Crippen molar-refractivity contribution in [3.8, 4) is 0 Å². The average Bonchev–Trinajstić information content (AvgIpc) is 3.04. The second kappa shape index (κ2) is 15.9. The van der Waals surface area contributed by atoms with Gasteiger partial charge in [-0.05, 0) is 48.7 Å². The normalized spacial score (nSPS) is 11.9. The lowest BCUT2D eigenvalue weighted by Crippen LogP contribution is -2.53. The summed E-state index contributed by atoms with van der Waals surface area (Å²) in [6.07, 6.45) is 1.91. The van der Waals surface area contributed by atoms with Crippen molar-refractivity contribution in [2.24, 2.45) is 0 Å². The molecule has 1 atom stereocenters. The number of anilines is 1. The van der Waals surface area contributed by atoms with Gasteiger partial charge in [0.1, 0.15) is 12.6 Å². The Morgan fingerprint density at radius 2 is 1.44 bits per heavy atom. The maximum absolute atomic E-state index is 14.5. The first kappa shape index (κ1) is 34.0. The van der Waals surface area contributed by atoms with Crippen LogP contribution in [0.2, 0.25) is 10.0 Å². The number of nitrogens with one attached hydrogen (secondary N) is 1. The van der Waals surface area contributed by atoms with E-state index in [2.05, 4.69) is 5.32 Å². The lowest BCUT2D eigenvalue weighted by Gasteiger charge is -2.34. The number of hydrogen-bond donors (Lipinski definition) is 1. The number of benzene rings is 4. The first-order chi connectivity index (χ1) is 21.6. The smallest absolute Gasteiger partial charge is 0.264 e. The Labute approximate surface area is 275 Å². The van der Waals surface area contributed by atoms with Gasteiger partial charge in [0.25, 0.3) is 10.0 Å². The van der Waals surface area contributed by atoms with Gasteiger partial charge in [-0.1, -0.05) is 121 Å². The third-order valence-corrected chi connectivity index (χ3v) is 9.97. The van der Waals surface area contributed by atoms with Crippen LogP contribution in [0.4, 0.5) is 5.69 Å². The fourth-order valence-corrected chi connectivity index (χ4v) is 6.75. The molecule has 0 spiro atoms. The summed E-state index contributed by atoms with van der Waals surface area (Å²) >= 11 is 12.9. The summed E-state index contributed by atoms with van der Waals surface area (Å²) in [5.74, 6) is -0.887. The minimum atomic E-state index is -4.29. The zero-order valence-corrected chi connectivity index (χ0v) is 27.7. The van der Waals surface area contributed by atoms with Gasteiger partial charge in [0, 0.05) is 19.5 Å². The molecule has 1 N–H and O–H groups in total. The monoisotopic (exact) mass is 665 g/mol. The summed E-state index contributed by atoms with van der Waals surface area (Å²) in [5, 5.41) is 3.12. The largest absolute Gasteiger partial charge is 0.354 e. The molecule has 236 valence electrons. The Balaban J connectivity index is 1.80. The molecule has 0 bridgehead atoms. The summed E-state index contributed by atoms with van der Waals surface area (Å²) in [6.45, 7) is 3.81. The average molecular weight is 667 g/mol. The van der Waals surface area contributed by atoms with Gasteiger partial charge in [-0.2, -0.15) is 0 Å². The number of carbonyl (C=O) groups is 2. The van der Waals surface area contributed by atoms with E-state index in [9.17, 15) is 18.0 Å². The van der Waals surface area contributed by atoms with E-state index >= 15 is 0 Å². The van der Waals surface area contributed by atoms with Crippen molar-refractivity contribution in [1.82, 2.24) is 10.2 Å². The van der Waals surface area contributed by atoms with Crippen LogP contribution >= 0.6 is 23.2 Å². The summed E-state index contributed by atoms with van der Waals surface area (Å²) in [6, 6.07) is 28.8. The minimum absolute atomic E-state index is 0.00425. The minimum Gasteiger partial charge on any atom is -0.354 e. The summed E-state index contributed by atoms with van der Waals surface area (Å²) in [4.78, 5) is 29.7. The van der Waals surface area contributed by atoms with Crippen molar-refractivity contribution in [3.63, 3.8) is 0 Å². The molecule has 0 fully saturated rings. The van der Waals surface area contributed by atoms with E-state index in [1.165, 1.54) is 23.1 Å². The molecule has 4 aromatic carbocycles. The van der Waals surface area contributed by atoms with Crippen LogP contribution in [-0.2, 0) is 32.6 Å². The number of unbranched alkanes of at least 4 members (excludes halogenated alkanes) is 1. The van der Waals surface area contributed by atoms with E-state index in [0.717, 1.165) is 33.8 Å². The third kappa shape index (κ3) is 8.87. The Kier molecular flexibility index (Phi) is 12.0. The van der Waals surface area contributed by atoms with Crippen molar-refractivity contribution < 1.29 is 18.0 Å². The maximum Gasteiger partial charge on any atom is 0.264 e. The summed E-state index contributed by atoms with van der Waals surface area (Å²) in [7, 11) is -4.29. The molecule has 0 unspecified atom stereocenters. The lowest BCUT2D eigenvalue weighted by molar-refractivity contribution is -0.140. The molecule has 4 rings (SSSR count). The fourth-order valence-electron chi connectivity index (χ4n) is 4.88. The van der Waals surface area contributed by atoms with Crippen molar-refractivity contribution >= 4 is 50.7 Å². The van der Waals surface area contributed by atoms with Crippen molar-refractivity contribution in [2.45, 2.75) is 50.6 Å². The molecule has 2 amide bonds. The third-order valence-electron chi connectivity index (χ3n) is 7.38. The van der Waals surface area contributed by atoms with Crippen molar-refractivity contribution in [1.29, 1.82) is 0 Å². The van der Waals surface area contributed by atoms with Crippen LogP contribution < -0.4 is 9.62 Å². The van der Waals surface area contributed by atoms with Gasteiger partial charge in [0.2, 0.25) is 11.8 Å². The molecule has 0 aliphatic heterocycles. The molecule has 0 aromatic heterocycles. The first-order valence-corrected chi connectivity index (χ1v) is 17.0. The van der Waals surface area contributed by atoms with Gasteiger partial charge in [-0.15, -0.1) is 0 Å². The predicted molar refractivity (Wildman–Crippen MR) is 181 cm³/mol. The number of halogens is 2. The number of hydrogen-bond acceptors (Lipinski definition) is 4. The lowest BCUT2D eigenvalue weighted by atomic mass is 10.0. The maximum atomic E-state index is 14.5. The zero-order valence-electron chi connectivity index (χ0n) is 25.3. The van der Waals surface area contributed by atoms with E-state index in [1.54, 1.807) is 24.3 Å². The Bertz CT molecular complexity index is 1690. The second-order valence-electron chi connectivity index (χ2n) is 10.8. The number of amides is 2.